The molecule has 3 amide bonds. The minimum Gasteiger partial charge on any atom is -0.480 e. The van der Waals surface area contributed by atoms with E-state index in [1.807, 2.05) is 0 Å². The number of imide groups is 1. The molecule has 1 aromatic rings. The summed E-state index contributed by atoms with van der Waals surface area (Å²) in [6.07, 6.45) is -1.28. The summed E-state index contributed by atoms with van der Waals surface area (Å²) < 4.78 is 5.26. The highest BCUT2D eigenvalue weighted by molar-refractivity contribution is 6.03. The van der Waals surface area contributed by atoms with E-state index in [1.54, 1.807) is 51.1 Å². The van der Waals surface area contributed by atoms with E-state index in [2.05, 4.69) is 0 Å². The Labute approximate surface area is 151 Å². The average Bonchev–Trinajstić information content (AvgIpc) is 2.85. The van der Waals surface area contributed by atoms with Gasteiger partial charge in [0, 0.05) is 19.3 Å². The second-order valence-electron chi connectivity index (χ2n) is 6.97. The monoisotopic (exact) mass is 362 g/mol. The molecular formula is C18H22N2O6. The minimum absolute atomic E-state index is 0.0736. The van der Waals surface area contributed by atoms with Crippen LogP contribution < -0.4 is 0 Å². The first-order valence-corrected chi connectivity index (χ1v) is 8.25. The van der Waals surface area contributed by atoms with Crippen LogP contribution in [-0.2, 0) is 25.5 Å². The number of ether oxygens (including phenoxy) is 1. The number of carbonyl (C=O) groups excluding carboxylic acids is 3. The number of carbonyl (C=O) groups is 4. The molecule has 0 unspecified atom stereocenters. The smallest absolute Gasteiger partial charge is 0.430 e. The molecule has 1 saturated heterocycles. The summed E-state index contributed by atoms with van der Waals surface area (Å²) in [6.45, 7) is 4.84. The Morgan fingerprint density at radius 3 is 2.15 bits per heavy atom. The van der Waals surface area contributed by atoms with Crippen molar-refractivity contribution in [2.24, 2.45) is 0 Å². The summed E-state index contributed by atoms with van der Waals surface area (Å²) in [6, 6.07) is 7.20. The van der Waals surface area contributed by atoms with Gasteiger partial charge in [-0.15, -0.1) is 0 Å². The van der Waals surface area contributed by atoms with Crippen molar-refractivity contribution in [3.8, 4) is 0 Å². The van der Waals surface area contributed by atoms with E-state index in [4.69, 9.17) is 4.74 Å². The molecule has 26 heavy (non-hydrogen) atoms. The van der Waals surface area contributed by atoms with Crippen LogP contribution in [0.2, 0.25) is 0 Å². The Morgan fingerprint density at radius 2 is 1.69 bits per heavy atom. The van der Waals surface area contributed by atoms with Crippen molar-refractivity contribution in [3.63, 3.8) is 0 Å². The van der Waals surface area contributed by atoms with Crippen molar-refractivity contribution in [1.29, 1.82) is 0 Å². The number of carboxylic acid groups (broad SMARTS) is 1. The van der Waals surface area contributed by atoms with Crippen LogP contribution in [0.1, 0.15) is 39.2 Å². The molecule has 1 atom stereocenters. The average molecular weight is 362 g/mol. The molecule has 8 heteroatoms. The van der Waals surface area contributed by atoms with Crippen LogP contribution in [0.25, 0.3) is 0 Å². The number of hydrazine groups is 1. The van der Waals surface area contributed by atoms with Crippen molar-refractivity contribution < 1.29 is 29.0 Å². The highest BCUT2D eigenvalue weighted by atomic mass is 16.6. The Bertz CT molecular complexity index is 694. The van der Waals surface area contributed by atoms with E-state index < -0.39 is 35.5 Å². The Hall–Kier alpha value is -2.90. The van der Waals surface area contributed by atoms with Gasteiger partial charge in [-0.2, -0.15) is 10.0 Å². The SMILES string of the molecule is CC(C)(C)OC(=O)N([C@@H](Cc1ccccc1)C(=O)O)N1C(=O)CCC1=O. The fraction of sp³-hybridized carbons (Fsp3) is 0.444. The maximum atomic E-state index is 12.7. The minimum atomic E-state index is -1.46. The highest BCUT2D eigenvalue weighted by Crippen LogP contribution is 2.23. The van der Waals surface area contributed by atoms with Crippen molar-refractivity contribution in [2.45, 2.75) is 51.7 Å². The summed E-state index contributed by atoms with van der Waals surface area (Å²) in [7, 11) is 0. The van der Waals surface area contributed by atoms with Crippen molar-refractivity contribution in [2.75, 3.05) is 0 Å². The number of nitrogens with zero attached hydrogens (tertiary/aromatic N) is 2. The van der Waals surface area contributed by atoms with Gasteiger partial charge in [0.15, 0.2) is 6.04 Å². The van der Waals surface area contributed by atoms with Gasteiger partial charge in [-0.25, -0.2) is 9.59 Å². The van der Waals surface area contributed by atoms with Gasteiger partial charge in [-0.1, -0.05) is 30.3 Å². The second-order valence-corrected chi connectivity index (χ2v) is 6.97. The lowest BCUT2D eigenvalue weighted by Crippen LogP contribution is -2.58. The van der Waals surface area contributed by atoms with E-state index in [0.717, 1.165) is 0 Å². The molecule has 1 aromatic carbocycles. The van der Waals surface area contributed by atoms with Gasteiger partial charge in [-0.05, 0) is 26.3 Å². The number of amides is 3. The Kier molecular flexibility index (Phi) is 5.64. The third-order valence-electron chi connectivity index (χ3n) is 3.67. The summed E-state index contributed by atoms with van der Waals surface area (Å²) in [4.78, 5) is 48.8. The Morgan fingerprint density at radius 1 is 1.15 bits per heavy atom. The number of hydrogen-bond donors (Lipinski definition) is 1. The van der Waals surface area contributed by atoms with Gasteiger partial charge in [0.05, 0.1) is 0 Å². The van der Waals surface area contributed by atoms with Gasteiger partial charge in [0.1, 0.15) is 5.60 Å². The molecule has 0 spiro atoms. The van der Waals surface area contributed by atoms with E-state index in [9.17, 15) is 24.3 Å². The van der Waals surface area contributed by atoms with Gasteiger partial charge >= 0.3 is 12.1 Å². The van der Waals surface area contributed by atoms with Crippen LogP contribution in [-0.4, -0.2) is 50.6 Å². The fourth-order valence-electron chi connectivity index (χ4n) is 2.58. The molecule has 1 aliphatic heterocycles. The Balaban J connectivity index is 2.41. The van der Waals surface area contributed by atoms with E-state index in [1.165, 1.54) is 0 Å². The van der Waals surface area contributed by atoms with Gasteiger partial charge < -0.3 is 9.84 Å². The summed E-state index contributed by atoms with van der Waals surface area (Å²) in [5.74, 6) is -2.59. The predicted molar refractivity (Wildman–Crippen MR) is 90.7 cm³/mol. The normalized spacial score (nSPS) is 15.7. The molecule has 0 aromatic heterocycles. The molecule has 1 aliphatic rings. The zero-order chi connectivity index (χ0) is 19.5. The van der Waals surface area contributed by atoms with Crippen molar-refractivity contribution >= 4 is 23.9 Å². The maximum Gasteiger partial charge on any atom is 0.430 e. The highest BCUT2D eigenvalue weighted by Gasteiger charge is 2.44. The zero-order valence-corrected chi connectivity index (χ0v) is 15.0. The van der Waals surface area contributed by atoms with Crippen LogP contribution in [0.4, 0.5) is 4.79 Å². The molecule has 1 fully saturated rings. The quantitative estimate of drug-likeness (QED) is 0.803. The molecule has 1 N–H and O–H groups in total. The first-order valence-electron chi connectivity index (χ1n) is 8.25. The topological polar surface area (TPSA) is 104 Å². The number of aliphatic carboxylic acids is 1. The lowest BCUT2D eigenvalue weighted by atomic mass is 10.1. The standard InChI is InChI=1S/C18H22N2O6/c1-18(2,3)26-17(25)19(20-14(21)9-10-15(20)22)13(16(23)24)11-12-7-5-4-6-8-12/h4-8,13H,9-11H2,1-3H3,(H,23,24)/t13-/m0/s1. The maximum absolute atomic E-state index is 12.7. The van der Waals surface area contributed by atoms with E-state index in [-0.39, 0.29) is 19.3 Å². The molecule has 0 radical (unpaired) electrons. The lowest BCUT2D eigenvalue weighted by molar-refractivity contribution is -0.166. The van der Waals surface area contributed by atoms with E-state index >= 15 is 0 Å². The summed E-state index contributed by atoms with van der Waals surface area (Å²) >= 11 is 0. The molecule has 0 aliphatic carbocycles. The lowest BCUT2D eigenvalue weighted by Gasteiger charge is -2.35. The zero-order valence-electron chi connectivity index (χ0n) is 15.0. The van der Waals surface area contributed by atoms with Crippen LogP contribution >= 0.6 is 0 Å². The first-order chi connectivity index (χ1) is 12.1. The predicted octanol–water partition coefficient (Wildman–Crippen LogP) is 1.98. The molecule has 140 valence electrons. The van der Waals surface area contributed by atoms with Gasteiger partial charge in [-0.3, -0.25) is 9.59 Å². The van der Waals surface area contributed by atoms with Crippen LogP contribution in [0.3, 0.4) is 0 Å². The number of rotatable bonds is 5. The first kappa shape index (κ1) is 19.4. The van der Waals surface area contributed by atoms with Gasteiger partial charge in [0.2, 0.25) is 11.8 Å². The van der Waals surface area contributed by atoms with Crippen LogP contribution in [0.15, 0.2) is 30.3 Å². The largest absolute Gasteiger partial charge is 0.480 e. The number of hydrogen-bond acceptors (Lipinski definition) is 5. The van der Waals surface area contributed by atoms with Crippen LogP contribution in [0.5, 0.6) is 0 Å². The third kappa shape index (κ3) is 4.59. The van der Waals surface area contributed by atoms with Crippen molar-refractivity contribution in [3.05, 3.63) is 35.9 Å². The molecule has 1 heterocycles. The molecule has 2 rings (SSSR count). The van der Waals surface area contributed by atoms with Crippen molar-refractivity contribution in [1.82, 2.24) is 10.0 Å². The molecular weight excluding hydrogens is 340 g/mol. The molecule has 8 nitrogen and oxygen atoms in total. The van der Waals surface area contributed by atoms with Gasteiger partial charge in [0.25, 0.3) is 0 Å². The number of carboxylic acids is 1. The third-order valence-corrected chi connectivity index (χ3v) is 3.67. The van der Waals surface area contributed by atoms with Crippen LogP contribution in [0, 0.1) is 0 Å². The molecule has 0 saturated carbocycles. The second kappa shape index (κ2) is 7.55. The summed E-state index contributed by atoms with van der Waals surface area (Å²) in [5.41, 5.74) is -0.274. The van der Waals surface area contributed by atoms with E-state index in [0.29, 0.717) is 15.6 Å². The fourth-order valence-corrected chi connectivity index (χ4v) is 2.58. The molecule has 0 bridgehead atoms. The number of benzene rings is 1. The summed E-state index contributed by atoms with van der Waals surface area (Å²) in [5, 5.41) is 10.9.